The summed E-state index contributed by atoms with van der Waals surface area (Å²) in [5, 5.41) is 4.07. The fraction of sp³-hybridized carbons (Fsp3) is 0.440. The van der Waals surface area contributed by atoms with Crippen molar-refractivity contribution in [2.24, 2.45) is 5.92 Å². The number of nitrogens with two attached hydrogens (primary N) is 1. The molecule has 1 aromatic heterocycles. The standard InChI is InChI=1S/C25H28F3N5O2/c1-14(17-7-18(25(26,27)28)9-19(29)8-17)30-24-20-10-22-23(11-21(20)31-15(2)32-24)35-6-4-33(22)12-16-3-5-34-13-16/h7-11,14,16H,3-6,12-13,29H2,1-2H3,(H,30,31,32). The number of nitrogens with zero attached hydrogens (tertiary/aromatic N) is 3. The van der Waals surface area contributed by atoms with E-state index in [0.29, 0.717) is 35.2 Å². The number of fused-ring (bicyclic) bond motifs is 2. The Hall–Kier alpha value is -3.27. The van der Waals surface area contributed by atoms with Gasteiger partial charge in [0.25, 0.3) is 0 Å². The Bertz CT molecular complexity index is 1240. The SMILES string of the molecule is Cc1nc(NC(C)c2cc(N)cc(C(F)(F)F)c2)c2cc3c(cc2n1)OCCN3CC1CCOC1. The summed E-state index contributed by atoms with van der Waals surface area (Å²) in [7, 11) is 0. The third kappa shape index (κ3) is 4.93. The van der Waals surface area contributed by atoms with Crippen LogP contribution in [-0.2, 0) is 10.9 Å². The predicted molar refractivity (Wildman–Crippen MR) is 129 cm³/mol. The predicted octanol–water partition coefficient (Wildman–Crippen LogP) is 4.95. The van der Waals surface area contributed by atoms with Crippen LogP contribution in [0.5, 0.6) is 5.75 Å². The summed E-state index contributed by atoms with van der Waals surface area (Å²) in [5.74, 6) is 2.33. The fourth-order valence-corrected chi connectivity index (χ4v) is 4.73. The van der Waals surface area contributed by atoms with E-state index in [1.807, 2.05) is 12.1 Å². The number of hydrogen-bond donors (Lipinski definition) is 2. The Balaban J connectivity index is 1.50. The van der Waals surface area contributed by atoms with Crippen LogP contribution in [0.15, 0.2) is 30.3 Å². The Morgan fingerprint density at radius 2 is 2.00 bits per heavy atom. The van der Waals surface area contributed by atoms with E-state index in [9.17, 15) is 13.2 Å². The molecular weight excluding hydrogens is 459 g/mol. The van der Waals surface area contributed by atoms with E-state index >= 15 is 0 Å². The molecule has 2 atom stereocenters. The number of aryl methyl sites for hydroxylation is 1. The fourth-order valence-electron chi connectivity index (χ4n) is 4.73. The van der Waals surface area contributed by atoms with Gasteiger partial charge in [0.15, 0.2) is 0 Å². The maximum Gasteiger partial charge on any atom is 0.416 e. The first kappa shape index (κ1) is 23.5. The molecule has 10 heteroatoms. The normalized spacial score (nSPS) is 18.9. The summed E-state index contributed by atoms with van der Waals surface area (Å²) >= 11 is 0. The van der Waals surface area contributed by atoms with Crippen LogP contribution in [0.3, 0.4) is 0 Å². The van der Waals surface area contributed by atoms with Gasteiger partial charge < -0.3 is 25.4 Å². The van der Waals surface area contributed by atoms with Crippen LogP contribution in [0, 0.1) is 12.8 Å². The number of benzene rings is 2. The largest absolute Gasteiger partial charge is 0.489 e. The van der Waals surface area contributed by atoms with Crippen molar-refractivity contribution in [2.75, 3.05) is 48.9 Å². The van der Waals surface area contributed by atoms with Crippen LogP contribution in [0.4, 0.5) is 30.4 Å². The highest BCUT2D eigenvalue weighted by Gasteiger charge is 2.31. The molecule has 0 bridgehead atoms. The zero-order valence-electron chi connectivity index (χ0n) is 19.7. The molecule has 3 aromatic rings. The lowest BCUT2D eigenvalue weighted by molar-refractivity contribution is -0.137. The van der Waals surface area contributed by atoms with Crippen LogP contribution >= 0.6 is 0 Å². The molecule has 7 nitrogen and oxygen atoms in total. The number of halogens is 3. The average molecular weight is 488 g/mol. The van der Waals surface area contributed by atoms with Gasteiger partial charge in [0, 0.05) is 36.2 Å². The maximum absolute atomic E-state index is 13.3. The molecule has 1 fully saturated rings. The maximum atomic E-state index is 13.3. The monoisotopic (exact) mass is 487 g/mol. The Morgan fingerprint density at radius 1 is 1.17 bits per heavy atom. The number of nitrogens with one attached hydrogen (secondary N) is 1. The number of aromatic nitrogens is 2. The van der Waals surface area contributed by atoms with Gasteiger partial charge in [-0.1, -0.05) is 0 Å². The van der Waals surface area contributed by atoms with Crippen molar-refractivity contribution in [1.82, 2.24) is 9.97 Å². The second-order valence-corrected chi connectivity index (χ2v) is 9.23. The van der Waals surface area contributed by atoms with Gasteiger partial charge in [0.05, 0.1) is 36.0 Å². The Morgan fingerprint density at radius 3 is 2.74 bits per heavy atom. The molecule has 0 amide bonds. The summed E-state index contributed by atoms with van der Waals surface area (Å²) in [4.78, 5) is 11.5. The van der Waals surface area contributed by atoms with Crippen LogP contribution in [0.2, 0.25) is 0 Å². The van der Waals surface area contributed by atoms with Crippen molar-refractivity contribution in [3.05, 3.63) is 47.3 Å². The number of nitrogen functional groups attached to an aromatic ring is 1. The van der Waals surface area contributed by atoms with Gasteiger partial charge in [-0.2, -0.15) is 13.2 Å². The van der Waals surface area contributed by atoms with E-state index < -0.39 is 17.8 Å². The van der Waals surface area contributed by atoms with E-state index in [1.54, 1.807) is 19.9 Å². The van der Waals surface area contributed by atoms with Crippen molar-refractivity contribution in [3.8, 4) is 5.75 Å². The van der Waals surface area contributed by atoms with Crippen LogP contribution < -0.4 is 20.7 Å². The lowest BCUT2D eigenvalue weighted by Crippen LogP contribution is -2.36. The van der Waals surface area contributed by atoms with Crippen molar-refractivity contribution in [2.45, 2.75) is 32.5 Å². The highest BCUT2D eigenvalue weighted by Crippen LogP contribution is 2.39. The zero-order chi connectivity index (χ0) is 24.7. The summed E-state index contributed by atoms with van der Waals surface area (Å²) in [6.45, 7) is 7.35. The smallest absolute Gasteiger partial charge is 0.416 e. The number of ether oxygens (including phenoxy) is 2. The molecular formula is C25H28F3N5O2. The molecule has 2 aliphatic rings. The zero-order valence-corrected chi connectivity index (χ0v) is 19.7. The van der Waals surface area contributed by atoms with E-state index in [-0.39, 0.29) is 5.69 Å². The molecule has 2 aromatic carbocycles. The molecule has 0 aliphatic carbocycles. The molecule has 35 heavy (non-hydrogen) atoms. The van der Waals surface area contributed by atoms with Gasteiger partial charge in [0.2, 0.25) is 0 Å². The van der Waals surface area contributed by atoms with Gasteiger partial charge >= 0.3 is 6.18 Å². The molecule has 3 heterocycles. The first-order chi connectivity index (χ1) is 16.7. The first-order valence-electron chi connectivity index (χ1n) is 11.7. The van der Waals surface area contributed by atoms with Gasteiger partial charge in [0.1, 0.15) is 24.0 Å². The quantitative estimate of drug-likeness (QED) is 0.493. The summed E-state index contributed by atoms with van der Waals surface area (Å²) in [6.07, 6.45) is -3.44. The third-order valence-corrected chi connectivity index (χ3v) is 6.51. The lowest BCUT2D eigenvalue weighted by Gasteiger charge is -2.33. The molecule has 186 valence electrons. The summed E-state index contributed by atoms with van der Waals surface area (Å²) in [5.41, 5.74) is 7.15. The minimum Gasteiger partial charge on any atom is -0.489 e. The Labute approximate surface area is 201 Å². The molecule has 2 aliphatic heterocycles. The number of hydrogen-bond acceptors (Lipinski definition) is 7. The highest BCUT2D eigenvalue weighted by molar-refractivity contribution is 5.94. The molecule has 2 unspecified atom stereocenters. The van der Waals surface area contributed by atoms with Crippen molar-refractivity contribution >= 4 is 28.1 Å². The molecule has 1 saturated heterocycles. The number of rotatable bonds is 5. The van der Waals surface area contributed by atoms with Crippen molar-refractivity contribution in [3.63, 3.8) is 0 Å². The second-order valence-electron chi connectivity index (χ2n) is 9.23. The number of alkyl halides is 3. The Kier molecular flexibility index (Phi) is 6.08. The van der Waals surface area contributed by atoms with Crippen molar-refractivity contribution in [1.29, 1.82) is 0 Å². The van der Waals surface area contributed by atoms with Gasteiger partial charge in [-0.3, -0.25) is 0 Å². The lowest BCUT2D eigenvalue weighted by atomic mass is 10.0. The molecule has 0 spiro atoms. The van der Waals surface area contributed by atoms with E-state index in [0.717, 1.165) is 61.7 Å². The molecule has 0 saturated carbocycles. The van der Waals surface area contributed by atoms with Gasteiger partial charge in [-0.05, 0) is 50.1 Å². The van der Waals surface area contributed by atoms with Gasteiger partial charge in [-0.25, -0.2) is 9.97 Å². The highest BCUT2D eigenvalue weighted by atomic mass is 19.4. The number of anilines is 3. The minimum absolute atomic E-state index is 0.0601. The summed E-state index contributed by atoms with van der Waals surface area (Å²) in [6, 6.07) is 7.05. The van der Waals surface area contributed by atoms with E-state index in [4.69, 9.17) is 15.2 Å². The van der Waals surface area contributed by atoms with Crippen LogP contribution in [-0.4, -0.2) is 42.9 Å². The molecule has 3 N–H and O–H groups in total. The minimum atomic E-state index is -4.48. The summed E-state index contributed by atoms with van der Waals surface area (Å²) < 4.78 is 51.4. The van der Waals surface area contributed by atoms with E-state index in [1.165, 1.54) is 0 Å². The van der Waals surface area contributed by atoms with E-state index in [2.05, 4.69) is 20.2 Å². The molecule has 5 rings (SSSR count). The topological polar surface area (TPSA) is 85.5 Å². The first-order valence-corrected chi connectivity index (χ1v) is 11.7. The van der Waals surface area contributed by atoms with Crippen LogP contribution in [0.1, 0.15) is 36.3 Å². The average Bonchev–Trinajstić information content (AvgIpc) is 3.30. The van der Waals surface area contributed by atoms with Crippen molar-refractivity contribution < 1.29 is 22.6 Å². The van der Waals surface area contributed by atoms with Gasteiger partial charge in [-0.15, -0.1) is 0 Å². The third-order valence-electron chi connectivity index (χ3n) is 6.51. The second kappa shape index (κ2) is 9.07. The molecule has 0 radical (unpaired) electrons. The van der Waals surface area contributed by atoms with Crippen LogP contribution in [0.25, 0.3) is 10.9 Å².